The van der Waals surface area contributed by atoms with Crippen molar-refractivity contribution in [1.29, 1.82) is 0 Å². The molecule has 0 atom stereocenters. The van der Waals surface area contributed by atoms with Crippen molar-refractivity contribution in [2.45, 2.75) is 45.4 Å². The number of rotatable bonds is 6. The Kier molecular flexibility index (Phi) is 7.55. The number of hydrogen-bond acceptors (Lipinski definition) is 0. The van der Waals surface area contributed by atoms with Gasteiger partial charge >= 0.3 is 0 Å². The van der Waals surface area contributed by atoms with E-state index in [9.17, 15) is 17.6 Å². The van der Waals surface area contributed by atoms with Crippen LogP contribution in [0.2, 0.25) is 0 Å². The molecule has 0 nitrogen and oxygen atoms in total. The van der Waals surface area contributed by atoms with E-state index >= 15 is 0 Å². The van der Waals surface area contributed by atoms with Crippen LogP contribution in [0.1, 0.15) is 49.7 Å². The quantitative estimate of drug-likeness (QED) is 0.310. The third-order valence-electron chi connectivity index (χ3n) is 6.11. The van der Waals surface area contributed by atoms with Gasteiger partial charge in [0.15, 0.2) is 23.3 Å². The van der Waals surface area contributed by atoms with Crippen LogP contribution < -0.4 is 0 Å². The summed E-state index contributed by atoms with van der Waals surface area (Å²) in [6.07, 6.45) is 6.20. The summed E-state index contributed by atoms with van der Waals surface area (Å²) in [5.41, 5.74) is 2.35. The van der Waals surface area contributed by atoms with E-state index in [-0.39, 0.29) is 28.5 Å². The van der Waals surface area contributed by atoms with Crippen molar-refractivity contribution in [3.8, 4) is 11.1 Å². The second-order valence-corrected chi connectivity index (χ2v) is 8.60. The molecule has 0 bridgehead atoms. The average Bonchev–Trinajstić information content (AvgIpc) is 2.79. The zero-order valence-corrected chi connectivity index (χ0v) is 18.5. The highest BCUT2D eigenvalue weighted by atomic mass is 19.2. The first kappa shape index (κ1) is 23.8. The Labute approximate surface area is 187 Å². The van der Waals surface area contributed by atoms with Gasteiger partial charge < -0.3 is 0 Å². The zero-order valence-electron chi connectivity index (χ0n) is 18.5. The van der Waals surface area contributed by atoms with Crippen LogP contribution in [0, 0.1) is 24.5 Å². The maximum Gasteiger partial charge on any atom is 0.166 e. The summed E-state index contributed by atoms with van der Waals surface area (Å²) in [6, 6.07) is 10.7. The van der Waals surface area contributed by atoms with Crippen LogP contribution in [0.15, 0.2) is 84.5 Å². The molecule has 2 aromatic carbocycles. The van der Waals surface area contributed by atoms with Gasteiger partial charge in [-0.25, -0.2) is 17.6 Å². The molecule has 3 rings (SSSR count). The lowest BCUT2D eigenvalue weighted by molar-refractivity contribution is 0.364. The molecule has 0 aromatic heterocycles. The Balaban J connectivity index is 1.67. The number of hydrogen-bond donors (Lipinski definition) is 0. The van der Waals surface area contributed by atoms with E-state index in [1.807, 2.05) is 25.1 Å². The lowest BCUT2D eigenvalue weighted by atomic mass is 9.78. The Bertz CT molecular complexity index is 1070. The van der Waals surface area contributed by atoms with Crippen LogP contribution >= 0.6 is 0 Å². The standard InChI is InChI=1S/C28H28F4/c1-17(2)25(29)26(30)19(4)7-8-20-9-13-22(14-10-20)24-16-15-23(27(31)28(24)32)21-11-5-18(3)6-12-21/h5-8,11-12,15-16,20,22H,1,4,9-10,13-14H2,2-3H3/b8-7+,26-25-. The SMILES string of the molecule is C=C(C)/C(F)=C(/F)C(=C)/C=C/C1CCC(c2ccc(-c3ccc(C)cc3)c(F)c2F)CC1. The van der Waals surface area contributed by atoms with Gasteiger partial charge in [0, 0.05) is 11.1 Å². The molecule has 0 aliphatic heterocycles. The first-order valence-electron chi connectivity index (χ1n) is 10.8. The van der Waals surface area contributed by atoms with Gasteiger partial charge in [0.25, 0.3) is 0 Å². The van der Waals surface area contributed by atoms with Gasteiger partial charge in [0.2, 0.25) is 0 Å². The Morgan fingerprint density at radius 3 is 2.09 bits per heavy atom. The maximum absolute atomic E-state index is 14.9. The Morgan fingerprint density at radius 2 is 1.50 bits per heavy atom. The monoisotopic (exact) mass is 440 g/mol. The summed E-state index contributed by atoms with van der Waals surface area (Å²) < 4.78 is 57.3. The third kappa shape index (κ3) is 5.29. The Morgan fingerprint density at radius 1 is 0.875 bits per heavy atom. The summed E-state index contributed by atoms with van der Waals surface area (Å²) in [7, 11) is 0. The van der Waals surface area contributed by atoms with E-state index < -0.39 is 23.3 Å². The Hall–Kier alpha value is -2.88. The molecule has 0 heterocycles. The number of halogens is 4. The van der Waals surface area contributed by atoms with E-state index in [0.717, 1.165) is 18.4 Å². The van der Waals surface area contributed by atoms with Crippen LogP contribution in [0.3, 0.4) is 0 Å². The van der Waals surface area contributed by atoms with Crippen molar-refractivity contribution < 1.29 is 17.6 Å². The van der Waals surface area contributed by atoms with E-state index in [0.29, 0.717) is 24.0 Å². The van der Waals surface area contributed by atoms with Gasteiger partial charge in [0.1, 0.15) is 0 Å². The van der Waals surface area contributed by atoms with Gasteiger partial charge in [-0.1, -0.05) is 67.3 Å². The van der Waals surface area contributed by atoms with E-state index in [1.54, 1.807) is 24.3 Å². The summed E-state index contributed by atoms with van der Waals surface area (Å²) >= 11 is 0. The van der Waals surface area contributed by atoms with E-state index in [4.69, 9.17) is 0 Å². The van der Waals surface area contributed by atoms with Crippen molar-refractivity contribution >= 4 is 0 Å². The summed E-state index contributed by atoms with van der Waals surface area (Å²) in [5, 5.41) is 0. The molecule has 0 N–H and O–H groups in total. The predicted molar refractivity (Wildman–Crippen MR) is 124 cm³/mol. The fourth-order valence-corrected chi connectivity index (χ4v) is 4.11. The van der Waals surface area contributed by atoms with Crippen molar-refractivity contribution in [2.75, 3.05) is 0 Å². The summed E-state index contributed by atoms with van der Waals surface area (Å²) in [4.78, 5) is 0. The second-order valence-electron chi connectivity index (χ2n) is 8.60. The van der Waals surface area contributed by atoms with Crippen LogP contribution in [-0.4, -0.2) is 0 Å². The van der Waals surface area contributed by atoms with Crippen LogP contribution in [0.25, 0.3) is 11.1 Å². The molecule has 0 spiro atoms. The average molecular weight is 441 g/mol. The van der Waals surface area contributed by atoms with Crippen molar-refractivity contribution in [3.05, 3.63) is 107 Å². The largest absolute Gasteiger partial charge is 0.203 e. The van der Waals surface area contributed by atoms with Crippen LogP contribution in [-0.2, 0) is 0 Å². The molecule has 1 aliphatic rings. The molecule has 1 fully saturated rings. The van der Waals surface area contributed by atoms with Gasteiger partial charge in [-0.05, 0) is 68.1 Å². The van der Waals surface area contributed by atoms with Gasteiger partial charge in [-0.15, -0.1) is 0 Å². The molecule has 1 saturated carbocycles. The molecule has 0 saturated heterocycles. The number of aryl methyl sites for hydroxylation is 1. The minimum absolute atomic E-state index is 0.0141. The fraction of sp³-hybridized carbons (Fsp3) is 0.286. The van der Waals surface area contributed by atoms with E-state index in [1.165, 1.54) is 13.0 Å². The highest BCUT2D eigenvalue weighted by Crippen LogP contribution is 2.39. The van der Waals surface area contributed by atoms with Gasteiger partial charge in [-0.3, -0.25) is 0 Å². The van der Waals surface area contributed by atoms with Gasteiger partial charge in [0.05, 0.1) is 0 Å². The predicted octanol–water partition coefficient (Wildman–Crippen LogP) is 9.05. The van der Waals surface area contributed by atoms with Crippen molar-refractivity contribution in [2.24, 2.45) is 5.92 Å². The topological polar surface area (TPSA) is 0 Å². The summed E-state index contributed by atoms with van der Waals surface area (Å²) in [5.74, 6) is -3.50. The highest BCUT2D eigenvalue weighted by Gasteiger charge is 2.26. The molecule has 4 heteroatoms. The molecule has 1 aliphatic carbocycles. The van der Waals surface area contributed by atoms with E-state index in [2.05, 4.69) is 13.2 Å². The molecule has 32 heavy (non-hydrogen) atoms. The van der Waals surface area contributed by atoms with Crippen LogP contribution in [0.5, 0.6) is 0 Å². The molecular formula is C28H28F4. The minimum atomic E-state index is -1.01. The number of allylic oxidation sites excluding steroid dienone is 6. The highest BCUT2D eigenvalue weighted by molar-refractivity contribution is 5.65. The number of benzene rings is 2. The molecule has 2 aromatic rings. The molecule has 168 valence electrons. The second kappa shape index (κ2) is 10.2. The maximum atomic E-state index is 14.9. The van der Waals surface area contributed by atoms with Gasteiger partial charge in [-0.2, -0.15) is 0 Å². The van der Waals surface area contributed by atoms with Crippen molar-refractivity contribution in [1.82, 2.24) is 0 Å². The smallest absolute Gasteiger partial charge is 0.166 e. The van der Waals surface area contributed by atoms with Crippen LogP contribution in [0.4, 0.5) is 17.6 Å². The molecule has 0 amide bonds. The first-order chi connectivity index (χ1) is 15.2. The first-order valence-corrected chi connectivity index (χ1v) is 10.8. The third-order valence-corrected chi connectivity index (χ3v) is 6.11. The lowest BCUT2D eigenvalue weighted by Crippen LogP contribution is -2.13. The van der Waals surface area contributed by atoms with Crippen molar-refractivity contribution in [3.63, 3.8) is 0 Å². The molecular weight excluding hydrogens is 412 g/mol. The molecule has 0 radical (unpaired) electrons. The minimum Gasteiger partial charge on any atom is -0.203 e. The fourth-order valence-electron chi connectivity index (χ4n) is 4.11. The lowest BCUT2D eigenvalue weighted by Gasteiger charge is -2.27. The normalized spacial score (nSPS) is 19.7. The zero-order chi connectivity index (χ0) is 23.4. The molecule has 0 unspecified atom stereocenters. The summed E-state index contributed by atoms with van der Waals surface area (Å²) in [6.45, 7) is 10.3.